The van der Waals surface area contributed by atoms with E-state index in [0.29, 0.717) is 5.75 Å². The summed E-state index contributed by atoms with van der Waals surface area (Å²) in [6, 6.07) is 25.2. The summed E-state index contributed by atoms with van der Waals surface area (Å²) in [6.45, 7) is -0.0155. The molecule has 0 spiro atoms. The number of benzene rings is 3. The molecule has 3 rings (SSSR count). The smallest absolute Gasteiger partial charge is 0.243 e. The van der Waals surface area contributed by atoms with Crippen LogP contribution in [0.5, 0.6) is 5.75 Å². The van der Waals surface area contributed by atoms with Crippen molar-refractivity contribution < 1.29 is 22.7 Å². The molecule has 0 radical (unpaired) electrons. The van der Waals surface area contributed by atoms with Gasteiger partial charge in [-0.15, -0.1) is 0 Å². The highest BCUT2D eigenvalue weighted by atomic mass is 32.2. The molecule has 2 amide bonds. The molecule has 3 aromatic rings. The van der Waals surface area contributed by atoms with E-state index < -0.39 is 22.0 Å². The maximum atomic E-state index is 13.7. The van der Waals surface area contributed by atoms with Gasteiger partial charge in [-0.3, -0.25) is 9.59 Å². The number of rotatable bonds is 12. The first kappa shape index (κ1) is 27.9. The number of hydrogen-bond acceptors (Lipinski definition) is 5. The number of carbonyl (C=O) groups excluding carboxylic acids is 2. The number of nitrogens with one attached hydrogen (secondary N) is 1. The molecule has 37 heavy (non-hydrogen) atoms. The van der Waals surface area contributed by atoms with Crippen LogP contribution in [0.25, 0.3) is 0 Å². The number of hydrogen-bond donors (Lipinski definition) is 1. The van der Waals surface area contributed by atoms with Gasteiger partial charge in [-0.2, -0.15) is 4.31 Å². The topological polar surface area (TPSA) is 96.0 Å². The van der Waals surface area contributed by atoms with Gasteiger partial charge in [-0.25, -0.2) is 8.42 Å². The van der Waals surface area contributed by atoms with Crippen LogP contribution in [0.3, 0.4) is 0 Å². The lowest BCUT2D eigenvalue weighted by molar-refractivity contribution is -0.141. The number of methoxy groups -OCH3 is 1. The van der Waals surface area contributed by atoms with E-state index in [4.69, 9.17) is 4.74 Å². The molecular formula is C28H33N3O5S. The Balaban J connectivity index is 1.94. The van der Waals surface area contributed by atoms with E-state index in [2.05, 4.69) is 5.32 Å². The van der Waals surface area contributed by atoms with E-state index in [9.17, 15) is 18.0 Å². The molecule has 8 nitrogen and oxygen atoms in total. The van der Waals surface area contributed by atoms with Crippen LogP contribution < -0.4 is 10.1 Å². The monoisotopic (exact) mass is 523 g/mol. The van der Waals surface area contributed by atoms with Crippen molar-refractivity contribution in [1.82, 2.24) is 14.5 Å². The van der Waals surface area contributed by atoms with Crippen LogP contribution in [0.15, 0.2) is 84.9 Å². The van der Waals surface area contributed by atoms with Crippen molar-refractivity contribution in [3.8, 4) is 5.75 Å². The Morgan fingerprint density at radius 2 is 1.46 bits per heavy atom. The van der Waals surface area contributed by atoms with Gasteiger partial charge >= 0.3 is 0 Å². The molecule has 196 valence electrons. The Kier molecular flexibility index (Phi) is 9.82. The average molecular weight is 524 g/mol. The lowest BCUT2D eigenvalue weighted by atomic mass is 10.0. The van der Waals surface area contributed by atoms with Gasteiger partial charge in [0.25, 0.3) is 0 Å². The molecule has 0 fully saturated rings. The fraction of sp³-hybridized carbons (Fsp3) is 0.286. The Bertz CT molecular complexity index is 1280. The maximum absolute atomic E-state index is 13.7. The van der Waals surface area contributed by atoms with Crippen LogP contribution in [-0.4, -0.2) is 62.4 Å². The lowest BCUT2D eigenvalue weighted by Gasteiger charge is -2.32. The fourth-order valence-electron chi connectivity index (χ4n) is 3.88. The molecule has 0 aliphatic heterocycles. The van der Waals surface area contributed by atoms with Crippen LogP contribution in [0.2, 0.25) is 0 Å². The number of nitrogens with zero attached hydrogens (tertiary/aromatic N) is 2. The lowest BCUT2D eigenvalue weighted by Crippen LogP contribution is -2.52. The van der Waals surface area contributed by atoms with Crippen LogP contribution in [0, 0.1) is 0 Å². The van der Waals surface area contributed by atoms with Crippen molar-refractivity contribution in [3.05, 3.63) is 102 Å². The van der Waals surface area contributed by atoms with Gasteiger partial charge < -0.3 is 15.0 Å². The van der Waals surface area contributed by atoms with Crippen molar-refractivity contribution in [2.24, 2.45) is 0 Å². The van der Waals surface area contributed by atoms with Gasteiger partial charge in [-0.1, -0.05) is 78.9 Å². The summed E-state index contributed by atoms with van der Waals surface area (Å²) in [6.07, 6.45) is 1.31. The number of carbonyl (C=O) groups is 2. The number of ether oxygens (including phenoxy) is 1. The van der Waals surface area contributed by atoms with Gasteiger partial charge in [0.2, 0.25) is 21.8 Å². The number of sulfonamides is 1. The van der Waals surface area contributed by atoms with Gasteiger partial charge in [-0.05, 0) is 17.2 Å². The highest BCUT2D eigenvalue weighted by Gasteiger charge is 2.32. The van der Waals surface area contributed by atoms with E-state index >= 15 is 0 Å². The number of likely N-dealkylation sites (N-methyl/N-ethyl adjacent to an activating group) is 1. The molecular weight excluding hydrogens is 490 g/mol. The highest BCUT2D eigenvalue weighted by molar-refractivity contribution is 7.88. The van der Waals surface area contributed by atoms with Crippen LogP contribution in [0.4, 0.5) is 0 Å². The summed E-state index contributed by atoms with van der Waals surface area (Å²) in [5.74, 6) is -0.166. The van der Waals surface area contributed by atoms with Crippen LogP contribution in [-0.2, 0) is 39.1 Å². The van der Waals surface area contributed by atoms with Crippen molar-refractivity contribution in [3.63, 3.8) is 0 Å². The minimum absolute atomic E-state index is 0.150. The molecule has 0 bridgehead atoms. The van der Waals surface area contributed by atoms with Gasteiger partial charge in [0.1, 0.15) is 11.8 Å². The Labute approximate surface area is 218 Å². The Morgan fingerprint density at radius 3 is 2.05 bits per heavy atom. The summed E-state index contributed by atoms with van der Waals surface area (Å²) in [5, 5.41) is 2.95. The molecule has 1 N–H and O–H groups in total. The van der Waals surface area contributed by atoms with Crippen molar-refractivity contribution in [1.29, 1.82) is 0 Å². The predicted octanol–water partition coefficient (Wildman–Crippen LogP) is 2.84. The quantitative estimate of drug-likeness (QED) is 0.394. The standard InChI is InChI=1S/C28H33N3O5S/c1-30(37(3,34)35)21-27(32)31(20-23-14-8-5-9-15-23)25(18-22-12-6-4-7-13-22)28(33)29-19-24-16-10-11-17-26(24)36-2/h4-17,25H,18-21H2,1-3H3,(H,29,33)/t25-/m0/s1. The number of para-hydroxylation sites is 1. The summed E-state index contributed by atoms with van der Waals surface area (Å²) in [4.78, 5) is 28.7. The normalized spacial score (nSPS) is 12.1. The molecule has 0 aromatic heterocycles. The zero-order valence-corrected chi connectivity index (χ0v) is 22.1. The average Bonchev–Trinajstić information content (AvgIpc) is 2.90. The minimum Gasteiger partial charge on any atom is -0.496 e. The third kappa shape index (κ3) is 8.16. The first-order valence-electron chi connectivity index (χ1n) is 11.9. The third-order valence-corrected chi connectivity index (χ3v) is 7.30. The van der Waals surface area contributed by atoms with Gasteiger partial charge in [0.05, 0.1) is 19.9 Å². The zero-order valence-electron chi connectivity index (χ0n) is 21.3. The second-order valence-corrected chi connectivity index (χ2v) is 10.9. The van der Waals surface area contributed by atoms with Crippen LogP contribution >= 0.6 is 0 Å². The van der Waals surface area contributed by atoms with E-state index in [1.807, 2.05) is 84.9 Å². The summed E-state index contributed by atoms with van der Waals surface area (Å²) in [7, 11) is -0.676. The molecule has 1 atom stereocenters. The summed E-state index contributed by atoms with van der Waals surface area (Å²) < 4.78 is 30.4. The van der Waals surface area contributed by atoms with E-state index in [1.54, 1.807) is 7.11 Å². The molecule has 0 saturated heterocycles. The largest absolute Gasteiger partial charge is 0.496 e. The molecule has 0 heterocycles. The van der Waals surface area contributed by atoms with E-state index in [-0.39, 0.29) is 32.0 Å². The summed E-state index contributed by atoms with van der Waals surface area (Å²) >= 11 is 0. The van der Waals surface area contributed by atoms with Crippen molar-refractivity contribution in [2.75, 3.05) is 27.0 Å². The van der Waals surface area contributed by atoms with Gasteiger partial charge in [0, 0.05) is 32.1 Å². The minimum atomic E-state index is -3.59. The molecule has 0 aliphatic carbocycles. The van der Waals surface area contributed by atoms with Gasteiger partial charge in [0.15, 0.2) is 0 Å². The first-order chi connectivity index (χ1) is 17.7. The predicted molar refractivity (Wildman–Crippen MR) is 143 cm³/mol. The highest BCUT2D eigenvalue weighted by Crippen LogP contribution is 2.19. The van der Waals surface area contributed by atoms with Crippen LogP contribution in [0.1, 0.15) is 16.7 Å². The zero-order chi connectivity index (χ0) is 26.8. The summed E-state index contributed by atoms with van der Waals surface area (Å²) in [5.41, 5.74) is 2.50. The maximum Gasteiger partial charge on any atom is 0.243 e. The number of amides is 2. The molecule has 0 unspecified atom stereocenters. The Morgan fingerprint density at radius 1 is 0.892 bits per heavy atom. The SMILES string of the molecule is COc1ccccc1CNC(=O)[C@H](Cc1ccccc1)N(Cc1ccccc1)C(=O)CN(C)S(C)(=O)=O. The fourth-order valence-corrected chi connectivity index (χ4v) is 4.23. The van der Waals surface area contributed by atoms with E-state index in [0.717, 1.165) is 27.3 Å². The van der Waals surface area contributed by atoms with E-state index in [1.165, 1.54) is 11.9 Å². The molecule has 9 heteroatoms. The third-order valence-electron chi connectivity index (χ3n) is 6.04. The molecule has 0 aliphatic rings. The second-order valence-electron chi connectivity index (χ2n) is 8.76. The van der Waals surface area contributed by atoms with Crippen molar-refractivity contribution >= 4 is 21.8 Å². The second kappa shape index (κ2) is 13.0. The first-order valence-corrected chi connectivity index (χ1v) is 13.7. The molecule has 3 aromatic carbocycles. The molecule has 0 saturated carbocycles. The van der Waals surface area contributed by atoms with Crippen molar-refractivity contribution in [2.45, 2.75) is 25.6 Å². The Hall–Kier alpha value is -3.69.